The monoisotopic (exact) mass is 407 g/mol. The number of rotatable bonds is 7. The Kier molecular flexibility index (Phi) is 7.04. The number of carbonyl (C=O) groups excluding carboxylic acids is 2. The topological polar surface area (TPSA) is 55.4 Å². The molecule has 1 N–H and O–H groups in total. The molecule has 0 fully saturated rings. The molecule has 3 rings (SSSR count). The smallest absolute Gasteiger partial charge is 0.307 e. The highest BCUT2D eigenvalue weighted by Gasteiger charge is 2.19. The zero-order valence-corrected chi connectivity index (χ0v) is 16.9. The first-order valence-corrected chi connectivity index (χ1v) is 9.72. The summed E-state index contributed by atoms with van der Waals surface area (Å²) in [4.78, 5) is 24.6. The van der Waals surface area contributed by atoms with Crippen LogP contribution in [0.25, 0.3) is 0 Å². The van der Waals surface area contributed by atoms with Crippen molar-refractivity contribution in [3.05, 3.63) is 101 Å². The number of carbonyl (C=O) groups is 2. The lowest BCUT2D eigenvalue weighted by molar-refractivity contribution is -0.147. The minimum absolute atomic E-state index is 0.136. The third kappa shape index (κ3) is 5.93. The highest BCUT2D eigenvalue weighted by Crippen LogP contribution is 2.28. The van der Waals surface area contributed by atoms with E-state index in [2.05, 4.69) is 5.32 Å². The normalized spacial score (nSPS) is 10.6. The van der Waals surface area contributed by atoms with Crippen molar-refractivity contribution < 1.29 is 14.3 Å². The summed E-state index contributed by atoms with van der Waals surface area (Å²) >= 11 is 5.96. The van der Waals surface area contributed by atoms with Gasteiger partial charge in [0.2, 0.25) is 0 Å². The lowest BCUT2D eigenvalue weighted by Crippen LogP contribution is -2.22. The fraction of sp³-hybridized carbons (Fsp3) is 0.167. The van der Waals surface area contributed by atoms with Crippen LogP contribution in [0.2, 0.25) is 5.02 Å². The van der Waals surface area contributed by atoms with Gasteiger partial charge in [0.25, 0.3) is 5.91 Å². The third-order valence-electron chi connectivity index (χ3n) is 4.61. The van der Waals surface area contributed by atoms with Crippen molar-refractivity contribution in [2.45, 2.75) is 19.3 Å². The Bertz CT molecular complexity index is 934. The van der Waals surface area contributed by atoms with Gasteiger partial charge in [-0.1, -0.05) is 78.3 Å². The van der Waals surface area contributed by atoms with Gasteiger partial charge in [0, 0.05) is 16.6 Å². The summed E-state index contributed by atoms with van der Waals surface area (Å²) in [6, 6.07) is 24.8. The second-order valence-electron chi connectivity index (χ2n) is 6.75. The zero-order valence-electron chi connectivity index (χ0n) is 16.1. The molecule has 0 heterocycles. The summed E-state index contributed by atoms with van der Waals surface area (Å²) in [7, 11) is 0. The number of benzene rings is 3. The van der Waals surface area contributed by atoms with Crippen molar-refractivity contribution in [3.8, 4) is 0 Å². The van der Waals surface area contributed by atoms with E-state index in [1.807, 2.05) is 73.7 Å². The molecule has 5 heteroatoms. The van der Waals surface area contributed by atoms with Crippen LogP contribution < -0.4 is 5.32 Å². The molecule has 0 saturated carbocycles. The van der Waals surface area contributed by atoms with Crippen molar-refractivity contribution in [2.75, 3.05) is 11.9 Å². The van der Waals surface area contributed by atoms with Crippen LogP contribution in [0.4, 0.5) is 5.69 Å². The summed E-state index contributed by atoms with van der Waals surface area (Å²) in [6.07, 6.45) is 0.150. The Morgan fingerprint density at radius 1 is 0.931 bits per heavy atom. The summed E-state index contributed by atoms with van der Waals surface area (Å²) in [5.41, 5.74) is 3.52. The van der Waals surface area contributed by atoms with Gasteiger partial charge >= 0.3 is 5.97 Å². The van der Waals surface area contributed by atoms with E-state index in [4.69, 9.17) is 16.3 Å². The first-order chi connectivity index (χ1) is 14.0. The number of halogens is 1. The molecule has 1 amide bonds. The highest BCUT2D eigenvalue weighted by molar-refractivity contribution is 6.31. The van der Waals surface area contributed by atoms with E-state index >= 15 is 0 Å². The molecule has 4 nitrogen and oxygen atoms in total. The number of nitrogens with one attached hydrogen (secondary N) is 1. The third-order valence-corrected chi connectivity index (χ3v) is 4.85. The number of hydrogen-bond acceptors (Lipinski definition) is 3. The Hall–Kier alpha value is -3.11. The number of amides is 1. The maximum absolute atomic E-state index is 12.5. The SMILES string of the molecule is Cc1ccc(Cl)cc1NC(=O)COC(=O)CC(c1ccccc1)c1ccccc1. The van der Waals surface area contributed by atoms with Gasteiger partial charge in [0.15, 0.2) is 6.61 Å². The van der Waals surface area contributed by atoms with Crippen LogP contribution in [0.5, 0.6) is 0 Å². The summed E-state index contributed by atoms with van der Waals surface area (Å²) in [6.45, 7) is 1.52. The van der Waals surface area contributed by atoms with Crippen LogP contribution in [-0.2, 0) is 14.3 Å². The van der Waals surface area contributed by atoms with E-state index in [-0.39, 0.29) is 18.9 Å². The molecular weight excluding hydrogens is 386 g/mol. The molecule has 0 radical (unpaired) electrons. The van der Waals surface area contributed by atoms with E-state index in [1.54, 1.807) is 12.1 Å². The van der Waals surface area contributed by atoms with Gasteiger partial charge in [-0.15, -0.1) is 0 Å². The van der Waals surface area contributed by atoms with Gasteiger partial charge in [0.05, 0.1) is 6.42 Å². The maximum atomic E-state index is 12.5. The molecule has 3 aromatic rings. The Labute approximate surface area is 175 Å². The molecule has 0 aliphatic carbocycles. The van der Waals surface area contributed by atoms with Crippen LogP contribution in [0.1, 0.15) is 29.0 Å². The molecular formula is C24H22ClNO3. The molecule has 3 aromatic carbocycles. The average Bonchev–Trinajstić information content (AvgIpc) is 2.74. The molecule has 148 valence electrons. The molecule has 0 spiro atoms. The Balaban J connectivity index is 1.62. The van der Waals surface area contributed by atoms with Crippen molar-refractivity contribution in [3.63, 3.8) is 0 Å². The maximum Gasteiger partial charge on any atom is 0.307 e. The Morgan fingerprint density at radius 3 is 2.10 bits per heavy atom. The number of ether oxygens (including phenoxy) is 1. The fourth-order valence-corrected chi connectivity index (χ4v) is 3.26. The van der Waals surface area contributed by atoms with Crippen molar-refractivity contribution in [1.29, 1.82) is 0 Å². The van der Waals surface area contributed by atoms with Gasteiger partial charge in [-0.3, -0.25) is 9.59 Å². The number of anilines is 1. The van der Waals surface area contributed by atoms with Crippen LogP contribution >= 0.6 is 11.6 Å². The fourth-order valence-electron chi connectivity index (χ4n) is 3.09. The zero-order chi connectivity index (χ0) is 20.6. The van der Waals surface area contributed by atoms with E-state index in [1.165, 1.54) is 0 Å². The quantitative estimate of drug-likeness (QED) is 0.537. The first kappa shape index (κ1) is 20.6. The van der Waals surface area contributed by atoms with Crippen LogP contribution in [-0.4, -0.2) is 18.5 Å². The van der Waals surface area contributed by atoms with Gasteiger partial charge in [0.1, 0.15) is 0 Å². The van der Waals surface area contributed by atoms with Gasteiger partial charge < -0.3 is 10.1 Å². The lowest BCUT2D eigenvalue weighted by Gasteiger charge is -2.17. The molecule has 0 aromatic heterocycles. The second-order valence-corrected chi connectivity index (χ2v) is 7.18. The van der Waals surface area contributed by atoms with Gasteiger partial charge in [-0.2, -0.15) is 0 Å². The van der Waals surface area contributed by atoms with Gasteiger partial charge in [-0.05, 0) is 35.7 Å². The van der Waals surface area contributed by atoms with Crippen LogP contribution in [0.15, 0.2) is 78.9 Å². The number of hydrogen-bond donors (Lipinski definition) is 1. The molecule has 29 heavy (non-hydrogen) atoms. The summed E-state index contributed by atoms with van der Waals surface area (Å²) in [5, 5.41) is 3.25. The Morgan fingerprint density at radius 2 is 1.52 bits per heavy atom. The minimum Gasteiger partial charge on any atom is -0.456 e. The summed E-state index contributed by atoms with van der Waals surface area (Å²) < 4.78 is 5.24. The molecule has 0 atom stereocenters. The predicted octanol–water partition coefficient (Wildman–Crippen LogP) is 5.35. The van der Waals surface area contributed by atoms with E-state index in [9.17, 15) is 9.59 Å². The number of esters is 1. The lowest BCUT2D eigenvalue weighted by atomic mass is 9.89. The van der Waals surface area contributed by atoms with Crippen molar-refractivity contribution in [1.82, 2.24) is 0 Å². The molecule has 0 bridgehead atoms. The molecule has 0 saturated heterocycles. The average molecular weight is 408 g/mol. The van der Waals surface area contributed by atoms with Crippen molar-refractivity contribution >= 4 is 29.2 Å². The van der Waals surface area contributed by atoms with E-state index < -0.39 is 11.9 Å². The minimum atomic E-state index is -0.430. The predicted molar refractivity (Wildman–Crippen MR) is 115 cm³/mol. The van der Waals surface area contributed by atoms with Crippen LogP contribution in [0.3, 0.4) is 0 Å². The molecule has 0 aliphatic rings. The standard InChI is InChI=1S/C24H22ClNO3/c1-17-12-13-20(25)14-22(17)26-23(27)16-29-24(28)15-21(18-8-4-2-5-9-18)19-10-6-3-7-11-19/h2-14,21H,15-16H2,1H3,(H,26,27). The first-order valence-electron chi connectivity index (χ1n) is 9.34. The molecule has 0 aliphatic heterocycles. The van der Waals surface area contributed by atoms with E-state index in [0.29, 0.717) is 10.7 Å². The summed E-state index contributed by atoms with van der Waals surface area (Å²) in [5.74, 6) is -0.969. The second kappa shape index (κ2) is 9.89. The van der Waals surface area contributed by atoms with Crippen LogP contribution in [0, 0.1) is 6.92 Å². The van der Waals surface area contributed by atoms with Crippen molar-refractivity contribution in [2.24, 2.45) is 0 Å². The largest absolute Gasteiger partial charge is 0.456 e. The van der Waals surface area contributed by atoms with E-state index in [0.717, 1.165) is 16.7 Å². The highest BCUT2D eigenvalue weighted by atomic mass is 35.5. The van der Waals surface area contributed by atoms with Gasteiger partial charge in [-0.25, -0.2) is 0 Å². The molecule has 0 unspecified atom stereocenters. The number of aryl methyl sites for hydroxylation is 1.